The van der Waals surface area contributed by atoms with Crippen LogP contribution in [0.4, 0.5) is 0 Å². The van der Waals surface area contributed by atoms with Crippen molar-refractivity contribution in [1.82, 2.24) is 4.90 Å². The second kappa shape index (κ2) is 5.13. The molecule has 4 rings (SSSR count). The van der Waals surface area contributed by atoms with Gasteiger partial charge in [0.15, 0.2) is 0 Å². The zero-order valence-corrected chi connectivity index (χ0v) is 13.0. The largest absolute Gasteiger partial charge is 0.490 e. The average molecular weight is 299 g/mol. The van der Waals surface area contributed by atoms with Crippen LogP contribution in [0.25, 0.3) is 11.0 Å². The first-order valence-corrected chi connectivity index (χ1v) is 8.03. The van der Waals surface area contributed by atoms with Crippen molar-refractivity contribution >= 4 is 11.0 Å². The third kappa shape index (κ3) is 2.31. The molecule has 2 saturated heterocycles. The van der Waals surface area contributed by atoms with E-state index in [1.807, 2.05) is 24.3 Å². The first-order chi connectivity index (χ1) is 10.6. The van der Waals surface area contributed by atoms with Crippen LogP contribution in [-0.4, -0.2) is 30.1 Å². The van der Waals surface area contributed by atoms with E-state index < -0.39 is 0 Å². The molecule has 0 spiro atoms. The zero-order valence-electron chi connectivity index (χ0n) is 13.0. The fraction of sp³-hybridized carbons (Fsp3) is 0.500. The van der Waals surface area contributed by atoms with Gasteiger partial charge in [-0.05, 0) is 57.9 Å². The fourth-order valence-electron chi connectivity index (χ4n) is 3.92. The van der Waals surface area contributed by atoms with E-state index in [9.17, 15) is 4.79 Å². The molecule has 2 aliphatic heterocycles. The van der Waals surface area contributed by atoms with Gasteiger partial charge in [0.05, 0.1) is 0 Å². The summed E-state index contributed by atoms with van der Waals surface area (Å²) in [5.74, 6) is 0.799. The molecule has 2 unspecified atom stereocenters. The number of aryl methyl sites for hydroxylation is 1. The smallest absolute Gasteiger partial charge is 0.339 e. The zero-order chi connectivity index (χ0) is 15.3. The molecule has 2 atom stereocenters. The van der Waals surface area contributed by atoms with Gasteiger partial charge in [0.1, 0.15) is 17.4 Å². The van der Waals surface area contributed by atoms with Crippen LogP contribution in [0.1, 0.15) is 31.2 Å². The monoisotopic (exact) mass is 299 g/mol. The standard InChI is InChI=1S/C18H21NO3/c1-11-7-12-3-6-15(10-17(12)22-18(11)20)21-16-8-13-4-5-14(9-16)19(13)2/h3,6-7,10,13-14,16H,4-5,8-9H2,1-2H3. The molecular weight excluding hydrogens is 278 g/mol. The van der Waals surface area contributed by atoms with E-state index >= 15 is 0 Å². The van der Waals surface area contributed by atoms with Gasteiger partial charge in [-0.15, -0.1) is 0 Å². The lowest BCUT2D eigenvalue weighted by molar-refractivity contribution is 0.0662. The minimum absolute atomic E-state index is 0.267. The summed E-state index contributed by atoms with van der Waals surface area (Å²) < 4.78 is 11.5. The van der Waals surface area contributed by atoms with Gasteiger partial charge in [-0.3, -0.25) is 0 Å². The lowest BCUT2D eigenvalue weighted by Crippen LogP contribution is -2.43. The highest BCUT2D eigenvalue weighted by atomic mass is 16.5. The van der Waals surface area contributed by atoms with E-state index in [4.69, 9.17) is 9.15 Å². The fourth-order valence-corrected chi connectivity index (χ4v) is 3.92. The number of nitrogens with zero attached hydrogens (tertiary/aromatic N) is 1. The normalized spacial score (nSPS) is 28.2. The highest BCUT2D eigenvalue weighted by Gasteiger charge is 2.39. The number of hydrogen-bond donors (Lipinski definition) is 0. The van der Waals surface area contributed by atoms with Crippen LogP contribution in [0, 0.1) is 6.92 Å². The van der Waals surface area contributed by atoms with Gasteiger partial charge in [0, 0.05) is 29.1 Å². The van der Waals surface area contributed by atoms with Crippen molar-refractivity contribution in [2.75, 3.05) is 7.05 Å². The summed E-state index contributed by atoms with van der Waals surface area (Å²) in [7, 11) is 2.23. The van der Waals surface area contributed by atoms with E-state index in [2.05, 4.69) is 11.9 Å². The van der Waals surface area contributed by atoms with Crippen LogP contribution in [0.5, 0.6) is 5.75 Å². The van der Waals surface area contributed by atoms with Crippen molar-refractivity contribution in [3.63, 3.8) is 0 Å². The molecule has 4 heteroatoms. The second-order valence-corrected chi connectivity index (χ2v) is 6.68. The molecular formula is C18H21NO3. The predicted octanol–water partition coefficient (Wildman–Crippen LogP) is 3.11. The molecule has 2 bridgehead atoms. The van der Waals surface area contributed by atoms with Gasteiger partial charge in [0.2, 0.25) is 0 Å². The molecule has 1 aromatic heterocycles. The molecule has 2 aromatic rings. The summed E-state index contributed by atoms with van der Waals surface area (Å²) in [6, 6.07) is 8.96. The first-order valence-electron chi connectivity index (χ1n) is 8.03. The number of piperidine rings is 1. The summed E-state index contributed by atoms with van der Waals surface area (Å²) >= 11 is 0. The summed E-state index contributed by atoms with van der Waals surface area (Å²) in [4.78, 5) is 14.2. The predicted molar refractivity (Wildman–Crippen MR) is 85.4 cm³/mol. The lowest BCUT2D eigenvalue weighted by Gasteiger charge is -2.36. The minimum Gasteiger partial charge on any atom is -0.490 e. The number of fused-ring (bicyclic) bond motifs is 3. The molecule has 0 saturated carbocycles. The average Bonchev–Trinajstić information content (AvgIpc) is 2.71. The molecule has 0 aliphatic carbocycles. The number of rotatable bonds is 2. The van der Waals surface area contributed by atoms with Crippen LogP contribution in [-0.2, 0) is 0 Å². The maximum absolute atomic E-state index is 11.7. The number of hydrogen-bond acceptors (Lipinski definition) is 4. The van der Waals surface area contributed by atoms with Crippen LogP contribution in [0.3, 0.4) is 0 Å². The molecule has 2 fully saturated rings. The van der Waals surface area contributed by atoms with Gasteiger partial charge in [0.25, 0.3) is 0 Å². The third-order valence-electron chi connectivity index (χ3n) is 5.24. The molecule has 2 aliphatic rings. The Labute approximate surface area is 129 Å². The summed E-state index contributed by atoms with van der Waals surface area (Å²) in [6.07, 6.45) is 5.01. The molecule has 4 nitrogen and oxygen atoms in total. The van der Waals surface area contributed by atoms with Gasteiger partial charge in [-0.1, -0.05) is 0 Å². The van der Waals surface area contributed by atoms with Crippen molar-refractivity contribution in [3.05, 3.63) is 40.2 Å². The molecule has 116 valence electrons. The first kappa shape index (κ1) is 13.8. The van der Waals surface area contributed by atoms with Crippen LogP contribution >= 0.6 is 0 Å². The Morgan fingerprint density at radius 3 is 2.64 bits per heavy atom. The van der Waals surface area contributed by atoms with Crippen molar-refractivity contribution in [2.24, 2.45) is 0 Å². The lowest BCUT2D eigenvalue weighted by atomic mass is 10.0. The molecule has 1 aromatic carbocycles. The molecule has 0 radical (unpaired) electrons. The van der Waals surface area contributed by atoms with E-state index in [0.717, 1.165) is 24.0 Å². The Balaban J connectivity index is 1.57. The molecule has 0 amide bonds. The maximum atomic E-state index is 11.7. The second-order valence-electron chi connectivity index (χ2n) is 6.68. The maximum Gasteiger partial charge on any atom is 0.339 e. The quantitative estimate of drug-likeness (QED) is 0.799. The summed E-state index contributed by atoms with van der Waals surface area (Å²) in [6.45, 7) is 1.77. The third-order valence-corrected chi connectivity index (χ3v) is 5.24. The Morgan fingerprint density at radius 2 is 1.91 bits per heavy atom. The van der Waals surface area contributed by atoms with Crippen molar-refractivity contribution < 1.29 is 9.15 Å². The van der Waals surface area contributed by atoms with Crippen LogP contribution < -0.4 is 10.4 Å². The molecule has 0 N–H and O–H groups in total. The summed E-state index contributed by atoms with van der Waals surface area (Å²) in [5.41, 5.74) is 0.957. The van der Waals surface area contributed by atoms with Crippen molar-refractivity contribution in [1.29, 1.82) is 0 Å². The Morgan fingerprint density at radius 1 is 1.18 bits per heavy atom. The highest BCUT2D eigenvalue weighted by molar-refractivity contribution is 5.78. The molecule has 22 heavy (non-hydrogen) atoms. The minimum atomic E-state index is -0.276. The van der Waals surface area contributed by atoms with Gasteiger partial charge >= 0.3 is 5.63 Å². The Bertz CT molecular complexity index is 753. The molecule has 3 heterocycles. The topological polar surface area (TPSA) is 42.7 Å². The van der Waals surface area contributed by atoms with Gasteiger partial charge in [-0.25, -0.2) is 4.79 Å². The van der Waals surface area contributed by atoms with Crippen molar-refractivity contribution in [2.45, 2.75) is 50.8 Å². The van der Waals surface area contributed by atoms with Crippen molar-refractivity contribution in [3.8, 4) is 5.75 Å². The van der Waals surface area contributed by atoms with E-state index in [0.29, 0.717) is 23.2 Å². The van der Waals surface area contributed by atoms with Gasteiger partial charge in [-0.2, -0.15) is 0 Å². The summed E-state index contributed by atoms with van der Waals surface area (Å²) in [5, 5.41) is 0.938. The van der Waals surface area contributed by atoms with E-state index in [1.54, 1.807) is 6.92 Å². The van der Waals surface area contributed by atoms with Crippen LogP contribution in [0.2, 0.25) is 0 Å². The number of benzene rings is 1. The van der Waals surface area contributed by atoms with Crippen LogP contribution in [0.15, 0.2) is 33.5 Å². The van der Waals surface area contributed by atoms with E-state index in [1.165, 1.54) is 12.8 Å². The SMILES string of the molecule is Cc1cc2ccc(OC3CC4CCC(C3)N4C)cc2oc1=O. The Hall–Kier alpha value is -1.81. The van der Waals surface area contributed by atoms with E-state index in [-0.39, 0.29) is 11.7 Å². The number of ether oxygens (including phenoxy) is 1. The van der Waals surface area contributed by atoms with Gasteiger partial charge < -0.3 is 14.1 Å². The Kier molecular flexibility index (Phi) is 3.22. The highest BCUT2D eigenvalue weighted by Crippen LogP contribution is 2.36.